The van der Waals surface area contributed by atoms with Crippen LogP contribution in [0.25, 0.3) is 0 Å². The van der Waals surface area contributed by atoms with E-state index < -0.39 is 17.7 Å². The van der Waals surface area contributed by atoms with Crippen LogP contribution in [0.3, 0.4) is 0 Å². The molecule has 1 atom stereocenters. The standard InChI is InChI=1S/C14H23NO5/c1-6-19-12(17)11-9(2)7-15(8-10(11)16)13(18)20-14(3,4)5/h9,16H,6-8H2,1-5H3. The summed E-state index contributed by atoms with van der Waals surface area (Å²) in [4.78, 5) is 25.1. The van der Waals surface area contributed by atoms with E-state index in [0.717, 1.165) is 0 Å². The highest BCUT2D eigenvalue weighted by molar-refractivity contribution is 5.90. The highest BCUT2D eigenvalue weighted by atomic mass is 16.6. The first-order chi connectivity index (χ1) is 9.15. The molecular weight excluding hydrogens is 262 g/mol. The van der Waals surface area contributed by atoms with E-state index in [1.54, 1.807) is 34.6 Å². The number of aliphatic hydroxyl groups is 1. The van der Waals surface area contributed by atoms with Crippen molar-refractivity contribution in [3.63, 3.8) is 0 Å². The molecule has 6 nitrogen and oxygen atoms in total. The second-order valence-electron chi connectivity index (χ2n) is 5.84. The summed E-state index contributed by atoms with van der Waals surface area (Å²) >= 11 is 0. The molecule has 6 heteroatoms. The van der Waals surface area contributed by atoms with Crippen molar-refractivity contribution in [2.24, 2.45) is 5.92 Å². The lowest BCUT2D eigenvalue weighted by Gasteiger charge is -2.33. The Balaban J connectivity index is 2.82. The third kappa shape index (κ3) is 4.15. The molecule has 1 N–H and O–H groups in total. The molecule has 0 aromatic rings. The summed E-state index contributed by atoms with van der Waals surface area (Å²) in [5, 5.41) is 9.98. The Bertz CT molecular complexity index is 422. The molecular formula is C14H23NO5. The average Bonchev–Trinajstić information content (AvgIpc) is 2.25. The molecule has 0 saturated heterocycles. The fourth-order valence-electron chi connectivity index (χ4n) is 2.03. The molecule has 1 rings (SSSR count). The van der Waals surface area contributed by atoms with Gasteiger partial charge in [0, 0.05) is 12.5 Å². The maximum absolute atomic E-state index is 12.0. The zero-order chi connectivity index (χ0) is 15.5. The number of esters is 1. The van der Waals surface area contributed by atoms with Gasteiger partial charge in [-0.3, -0.25) is 0 Å². The molecule has 1 aliphatic rings. The van der Waals surface area contributed by atoms with Crippen LogP contribution < -0.4 is 0 Å². The quantitative estimate of drug-likeness (QED) is 0.787. The summed E-state index contributed by atoms with van der Waals surface area (Å²) in [6.07, 6.45) is -0.501. The van der Waals surface area contributed by atoms with Crippen LogP contribution in [-0.2, 0) is 14.3 Å². The fourth-order valence-corrected chi connectivity index (χ4v) is 2.03. The predicted molar refractivity (Wildman–Crippen MR) is 73.3 cm³/mol. The molecule has 0 spiro atoms. The van der Waals surface area contributed by atoms with Crippen LogP contribution in [-0.4, -0.2) is 47.4 Å². The maximum Gasteiger partial charge on any atom is 0.410 e. The molecule has 114 valence electrons. The first-order valence-corrected chi connectivity index (χ1v) is 6.72. The number of carbonyl (C=O) groups excluding carboxylic acids is 2. The van der Waals surface area contributed by atoms with Gasteiger partial charge in [0.15, 0.2) is 0 Å². The average molecular weight is 285 g/mol. The lowest BCUT2D eigenvalue weighted by atomic mass is 9.95. The second-order valence-corrected chi connectivity index (χ2v) is 5.84. The van der Waals surface area contributed by atoms with E-state index in [2.05, 4.69) is 0 Å². The normalized spacial score (nSPS) is 19.9. The van der Waals surface area contributed by atoms with Crippen molar-refractivity contribution in [2.75, 3.05) is 19.7 Å². The summed E-state index contributed by atoms with van der Waals surface area (Å²) in [6, 6.07) is 0. The molecule has 0 radical (unpaired) electrons. The molecule has 0 aromatic carbocycles. The second kappa shape index (κ2) is 6.15. The van der Waals surface area contributed by atoms with Crippen molar-refractivity contribution in [3.05, 3.63) is 11.3 Å². The van der Waals surface area contributed by atoms with Gasteiger partial charge in [-0.15, -0.1) is 0 Å². The number of nitrogens with zero attached hydrogens (tertiary/aromatic N) is 1. The SMILES string of the molecule is CCOC(=O)C1=C(O)CN(C(=O)OC(C)(C)C)CC1C. The van der Waals surface area contributed by atoms with Gasteiger partial charge in [0.25, 0.3) is 0 Å². The van der Waals surface area contributed by atoms with Crippen molar-refractivity contribution in [2.45, 2.75) is 40.2 Å². The van der Waals surface area contributed by atoms with Crippen LogP contribution in [0.2, 0.25) is 0 Å². The Hall–Kier alpha value is -1.72. The number of rotatable bonds is 2. The predicted octanol–water partition coefficient (Wildman–Crippen LogP) is 2.25. The van der Waals surface area contributed by atoms with Gasteiger partial charge < -0.3 is 19.5 Å². The molecule has 0 bridgehead atoms. The molecule has 20 heavy (non-hydrogen) atoms. The summed E-state index contributed by atoms with van der Waals surface area (Å²) in [5.41, 5.74) is -0.354. The van der Waals surface area contributed by atoms with E-state index in [4.69, 9.17) is 9.47 Å². The number of hydrogen-bond acceptors (Lipinski definition) is 5. The third-order valence-electron chi connectivity index (χ3n) is 2.79. The Morgan fingerprint density at radius 2 is 2.00 bits per heavy atom. The van der Waals surface area contributed by atoms with Gasteiger partial charge in [0.1, 0.15) is 11.4 Å². The molecule has 1 unspecified atom stereocenters. The number of ether oxygens (including phenoxy) is 2. The maximum atomic E-state index is 12.0. The minimum absolute atomic E-state index is 0.0343. The lowest BCUT2D eigenvalue weighted by Crippen LogP contribution is -2.44. The van der Waals surface area contributed by atoms with Crippen molar-refractivity contribution in [1.82, 2.24) is 4.90 Å². The van der Waals surface area contributed by atoms with Gasteiger partial charge in [-0.25, -0.2) is 9.59 Å². The molecule has 1 amide bonds. The van der Waals surface area contributed by atoms with E-state index >= 15 is 0 Å². The highest BCUT2D eigenvalue weighted by Crippen LogP contribution is 2.24. The van der Waals surface area contributed by atoms with Crippen LogP contribution >= 0.6 is 0 Å². The number of carbonyl (C=O) groups is 2. The van der Waals surface area contributed by atoms with E-state index in [1.165, 1.54) is 4.90 Å². The smallest absolute Gasteiger partial charge is 0.410 e. The minimum Gasteiger partial charge on any atom is -0.510 e. The lowest BCUT2D eigenvalue weighted by molar-refractivity contribution is -0.139. The molecule has 0 fully saturated rings. The highest BCUT2D eigenvalue weighted by Gasteiger charge is 2.34. The van der Waals surface area contributed by atoms with Gasteiger partial charge in [-0.2, -0.15) is 0 Å². The molecule has 0 aromatic heterocycles. The number of aliphatic hydroxyl groups excluding tert-OH is 1. The molecule has 0 saturated carbocycles. The van der Waals surface area contributed by atoms with Crippen LogP contribution in [0, 0.1) is 5.92 Å². The Labute approximate surface area is 119 Å². The summed E-state index contributed by atoms with van der Waals surface area (Å²) in [6.45, 7) is 9.32. The van der Waals surface area contributed by atoms with E-state index in [9.17, 15) is 14.7 Å². The first-order valence-electron chi connectivity index (χ1n) is 6.72. The Morgan fingerprint density at radius 3 is 2.45 bits per heavy atom. The van der Waals surface area contributed by atoms with Gasteiger partial charge >= 0.3 is 12.1 Å². The van der Waals surface area contributed by atoms with Crippen LogP contribution in [0.5, 0.6) is 0 Å². The van der Waals surface area contributed by atoms with Gasteiger partial charge in [0.2, 0.25) is 0 Å². The summed E-state index contributed by atoms with van der Waals surface area (Å²) < 4.78 is 10.2. The molecule has 1 heterocycles. The van der Waals surface area contributed by atoms with Crippen LogP contribution in [0.4, 0.5) is 4.79 Å². The van der Waals surface area contributed by atoms with E-state index in [-0.39, 0.29) is 30.4 Å². The van der Waals surface area contributed by atoms with Crippen LogP contribution in [0.1, 0.15) is 34.6 Å². The first kappa shape index (κ1) is 16.3. The van der Waals surface area contributed by atoms with Crippen molar-refractivity contribution in [3.8, 4) is 0 Å². The van der Waals surface area contributed by atoms with E-state index in [0.29, 0.717) is 6.54 Å². The fraction of sp³-hybridized carbons (Fsp3) is 0.714. The summed E-state index contributed by atoms with van der Waals surface area (Å²) in [5.74, 6) is -0.954. The van der Waals surface area contributed by atoms with Crippen molar-refractivity contribution in [1.29, 1.82) is 0 Å². The molecule has 0 aliphatic carbocycles. The Kier molecular flexibility index (Phi) is 5.03. The third-order valence-corrected chi connectivity index (χ3v) is 2.79. The molecule has 1 aliphatic heterocycles. The van der Waals surface area contributed by atoms with Crippen molar-refractivity contribution < 1.29 is 24.2 Å². The zero-order valence-electron chi connectivity index (χ0n) is 12.7. The van der Waals surface area contributed by atoms with E-state index in [1.807, 2.05) is 0 Å². The topological polar surface area (TPSA) is 76.1 Å². The zero-order valence-corrected chi connectivity index (χ0v) is 12.7. The Morgan fingerprint density at radius 1 is 1.40 bits per heavy atom. The van der Waals surface area contributed by atoms with Gasteiger partial charge in [0.05, 0.1) is 18.7 Å². The largest absolute Gasteiger partial charge is 0.510 e. The number of hydrogen-bond donors (Lipinski definition) is 1. The minimum atomic E-state index is -0.596. The van der Waals surface area contributed by atoms with Crippen LogP contribution in [0.15, 0.2) is 11.3 Å². The summed E-state index contributed by atoms with van der Waals surface area (Å²) in [7, 11) is 0. The monoisotopic (exact) mass is 285 g/mol. The number of amides is 1. The van der Waals surface area contributed by atoms with Gasteiger partial charge in [-0.1, -0.05) is 6.92 Å². The van der Waals surface area contributed by atoms with Crippen molar-refractivity contribution >= 4 is 12.1 Å². The van der Waals surface area contributed by atoms with Gasteiger partial charge in [-0.05, 0) is 27.7 Å².